The molecule has 0 aliphatic carbocycles. The Labute approximate surface area is 132 Å². The Morgan fingerprint density at radius 2 is 2.04 bits per heavy atom. The Morgan fingerprint density at radius 1 is 1.35 bits per heavy atom. The summed E-state index contributed by atoms with van der Waals surface area (Å²) in [5.74, 6) is 0.103. The summed E-state index contributed by atoms with van der Waals surface area (Å²) in [6.45, 7) is 3.87. The average molecular weight is 320 g/mol. The number of aromatic nitrogens is 2. The van der Waals surface area contributed by atoms with Gasteiger partial charge in [-0.3, -0.25) is 14.6 Å². The SMILES string of the molecule is CCOC(=O)Cn1c(C)c[n+]2c1N=C1C2C(=O)N(C)C(=O)N1C. The Balaban J connectivity index is 2.04. The number of esters is 1. The van der Waals surface area contributed by atoms with Crippen LogP contribution in [0.1, 0.15) is 18.7 Å². The van der Waals surface area contributed by atoms with E-state index in [4.69, 9.17) is 4.74 Å². The molecule has 1 atom stereocenters. The van der Waals surface area contributed by atoms with Crippen LogP contribution >= 0.6 is 0 Å². The van der Waals surface area contributed by atoms with Gasteiger partial charge in [0, 0.05) is 14.1 Å². The molecule has 3 rings (SSSR count). The number of aryl methyl sites for hydroxylation is 1. The highest BCUT2D eigenvalue weighted by Crippen LogP contribution is 2.28. The Hall–Kier alpha value is -2.71. The van der Waals surface area contributed by atoms with Crippen molar-refractivity contribution in [3.05, 3.63) is 11.9 Å². The molecule has 1 fully saturated rings. The first-order valence-corrected chi connectivity index (χ1v) is 7.27. The number of amides is 3. The highest BCUT2D eigenvalue weighted by molar-refractivity contribution is 6.18. The monoisotopic (exact) mass is 320 g/mol. The number of carbonyl (C=O) groups excluding carboxylic acids is 3. The lowest BCUT2D eigenvalue weighted by Gasteiger charge is -2.30. The molecule has 1 saturated heterocycles. The lowest BCUT2D eigenvalue weighted by Crippen LogP contribution is -2.61. The minimum absolute atomic E-state index is 0.00714. The van der Waals surface area contributed by atoms with E-state index in [0.717, 1.165) is 10.6 Å². The number of likely N-dealkylation sites (N-methyl/N-ethyl adjacent to an activating group) is 2. The van der Waals surface area contributed by atoms with Crippen molar-refractivity contribution in [2.45, 2.75) is 26.4 Å². The maximum atomic E-state index is 12.4. The summed E-state index contributed by atoms with van der Waals surface area (Å²) >= 11 is 0. The van der Waals surface area contributed by atoms with Crippen molar-refractivity contribution in [3.8, 4) is 0 Å². The molecule has 9 nitrogen and oxygen atoms in total. The number of urea groups is 1. The molecule has 1 unspecified atom stereocenters. The number of nitrogens with zero attached hydrogens (tertiary/aromatic N) is 5. The predicted octanol–water partition coefficient (Wildman–Crippen LogP) is -0.244. The van der Waals surface area contributed by atoms with Gasteiger partial charge in [-0.25, -0.2) is 18.7 Å². The number of imide groups is 1. The van der Waals surface area contributed by atoms with Crippen LogP contribution in [0.15, 0.2) is 11.2 Å². The van der Waals surface area contributed by atoms with Crippen LogP contribution in [0.2, 0.25) is 0 Å². The van der Waals surface area contributed by atoms with Crippen molar-refractivity contribution < 1.29 is 23.7 Å². The maximum Gasteiger partial charge on any atom is 0.402 e. The first kappa shape index (κ1) is 15.2. The van der Waals surface area contributed by atoms with Crippen LogP contribution < -0.4 is 4.57 Å². The fourth-order valence-electron chi connectivity index (χ4n) is 2.84. The van der Waals surface area contributed by atoms with Crippen molar-refractivity contribution in [2.24, 2.45) is 4.99 Å². The van der Waals surface area contributed by atoms with E-state index in [0.29, 0.717) is 18.4 Å². The van der Waals surface area contributed by atoms with Crippen LogP contribution in [0.3, 0.4) is 0 Å². The molecule has 23 heavy (non-hydrogen) atoms. The van der Waals surface area contributed by atoms with E-state index in [1.165, 1.54) is 11.9 Å². The molecule has 122 valence electrons. The largest absolute Gasteiger partial charge is 0.464 e. The van der Waals surface area contributed by atoms with Gasteiger partial charge < -0.3 is 4.74 Å². The molecule has 0 N–H and O–H groups in total. The summed E-state index contributed by atoms with van der Waals surface area (Å²) in [5, 5.41) is 0. The molecule has 1 aromatic heterocycles. The van der Waals surface area contributed by atoms with Crippen LogP contribution in [-0.2, 0) is 20.9 Å². The fraction of sp³-hybridized carbons (Fsp3) is 0.500. The number of carbonyl (C=O) groups is 3. The second-order valence-electron chi connectivity index (χ2n) is 5.48. The number of rotatable bonds is 3. The van der Waals surface area contributed by atoms with Crippen molar-refractivity contribution >= 4 is 29.7 Å². The van der Waals surface area contributed by atoms with Crippen LogP contribution in [0.25, 0.3) is 0 Å². The number of imidazole rings is 1. The average Bonchev–Trinajstić information content (AvgIpc) is 3.00. The molecule has 9 heteroatoms. The van der Waals surface area contributed by atoms with Gasteiger partial charge >= 0.3 is 17.9 Å². The van der Waals surface area contributed by atoms with Gasteiger partial charge in [0.05, 0.1) is 6.61 Å². The van der Waals surface area contributed by atoms with Crippen LogP contribution in [-0.4, -0.2) is 58.8 Å². The van der Waals surface area contributed by atoms with E-state index in [9.17, 15) is 14.4 Å². The zero-order chi connectivity index (χ0) is 16.9. The number of fused-ring (bicyclic) bond motifs is 3. The molecule has 0 bridgehead atoms. The number of ether oxygens (including phenoxy) is 1. The Kier molecular flexibility index (Phi) is 3.42. The topological polar surface area (TPSA) is 88.1 Å². The van der Waals surface area contributed by atoms with Crippen molar-refractivity contribution in [1.82, 2.24) is 14.4 Å². The van der Waals surface area contributed by atoms with Gasteiger partial charge in [0.1, 0.15) is 11.9 Å². The van der Waals surface area contributed by atoms with Gasteiger partial charge in [-0.2, -0.15) is 0 Å². The molecule has 0 radical (unpaired) electrons. The van der Waals surface area contributed by atoms with Gasteiger partial charge in [-0.05, 0) is 13.8 Å². The first-order chi connectivity index (χ1) is 10.9. The van der Waals surface area contributed by atoms with E-state index >= 15 is 0 Å². The van der Waals surface area contributed by atoms with Gasteiger partial charge in [0.2, 0.25) is 11.9 Å². The molecule has 3 amide bonds. The molecule has 0 aromatic carbocycles. The lowest BCUT2D eigenvalue weighted by atomic mass is 10.2. The number of aliphatic imine (C=N–C) groups is 1. The third-order valence-electron chi connectivity index (χ3n) is 4.04. The summed E-state index contributed by atoms with van der Waals surface area (Å²) in [7, 11) is 3.02. The van der Waals surface area contributed by atoms with Gasteiger partial charge in [0.25, 0.3) is 5.91 Å². The first-order valence-electron chi connectivity index (χ1n) is 7.27. The zero-order valence-corrected chi connectivity index (χ0v) is 13.4. The van der Waals surface area contributed by atoms with Gasteiger partial charge in [-0.1, -0.05) is 4.99 Å². The van der Waals surface area contributed by atoms with E-state index in [-0.39, 0.29) is 18.4 Å². The quantitative estimate of drug-likeness (QED) is 0.568. The number of hydrogen-bond donors (Lipinski definition) is 0. The van der Waals surface area contributed by atoms with E-state index < -0.39 is 12.1 Å². The molecule has 2 aliphatic heterocycles. The summed E-state index contributed by atoms with van der Waals surface area (Å²) < 4.78 is 8.33. The normalized spacial score (nSPS) is 19.7. The van der Waals surface area contributed by atoms with Crippen LogP contribution in [0, 0.1) is 6.92 Å². The lowest BCUT2D eigenvalue weighted by molar-refractivity contribution is -0.677. The second-order valence-corrected chi connectivity index (χ2v) is 5.48. The number of hydrogen-bond acceptors (Lipinski definition) is 5. The minimum atomic E-state index is -0.681. The fourth-order valence-corrected chi connectivity index (χ4v) is 2.84. The molecule has 0 spiro atoms. The van der Waals surface area contributed by atoms with Crippen molar-refractivity contribution in [2.75, 3.05) is 20.7 Å². The zero-order valence-electron chi connectivity index (χ0n) is 13.4. The molecule has 3 heterocycles. The van der Waals surface area contributed by atoms with E-state index in [1.807, 2.05) is 6.92 Å². The molecular weight excluding hydrogens is 302 g/mol. The third-order valence-corrected chi connectivity index (χ3v) is 4.04. The van der Waals surface area contributed by atoms with Crippen LogP contribution in [0.4, 0.5) is 10.7 Å². The molecule has 1 aromatic rings. The van der Waals surface area contributed by atoms with E-state index in [2.05, 4.69) is 4.99 Å². The molecule has 0 saturated carbocycles. The minimum Gasteiger partial charge on any atom is -0.464 e. The van der Waals surface area contributed by atoms with Gasteiger partial charge in [-0.15, -0.1) is 0 Å². The second kappa shape index (κ2) is 5.18. The highest BCUT2D eigenvalue weighted by atomic mass is 16.5. The Morgan fingerprint density at radius 3 is 2.70 bits per heavy atom. The van der Waals surface area contributed by atoms with Crippen LogP contribution in [0.5, 0.6) is 0 Å². The summed E-state index contributed by atoms with van der Waals surface area (Å²) in [5.41, 5.74) is 0.783. The molecule has 2 aliphatic rings. The molecular formula is C14H18N5O4+. The third kappa shape index (κ3) is 2.11. The number of amidine groups is 1. The maximum absolute atomic E-state index is 12.4. The van der Waals surface area contributed by atoms with Crippen molar-refractivity contribution in [1.29, 1.82) is 0 Å². The summed E-state index contributed by atoms with van der Waals surface area (Å²) in [6.07, 6.45) is 1.76. The van der Waals surface area contributed by atoms with Gasteiger partial charge in [0.15, 0.2) is 6.54 Å². The summed E-state index contributed by atoms with van der Waals surface area (Å²) in [4.78, 5) is 43.1. The smallest absolute Gasteiger partial charge is 0.402 e. The standard InChI is InChI=1S/C14H18N5O4/c1-5-23-9(20)7-18-8(2)6-19-10-11(15-13(18)19)16(3)14(22)17(4)12(10)21/h6,10H,5,7H2,1-4H3/q+1. The summed E-state index contributed by atoms with van der Waals surface area (Å²) in [6, 6.07) is -1.11. The van der Waals surface area contributed by atoms with Crippen molar-refractivity contribution in [3.63, 3.8) is 0 Å². The predicted molar refractivity (Wildman–Crippen MR) is 78.1 cm³/mol. The highest BCUT2D eigenvalue weighted by Gasteiger charge is 2.52. The van der Waals surface area contributed by atoms with E-state index in [1.54, 1.807) is 29.3 Å². The Bertz CT molecular complexity index is 751.